The van der Waals surface area contributed by atoms with E-state index in [4.69, 9.17) is 4.74 Å². The van der Waals surface area contributed by atoms with Crippen molar-refractivity contribution < 1.29 is 22.7 Å². The van der Waals surface area contributed by atoms with E-state index < -0.39 is 23.2 Å². The summed E-state index contributed by atoms with van der Waals surface area (Å²) in [6.45, 7) is 1.94. The maximum Gasteiger partial charge on any atom is 0.416 e. The number of esters is 1. The monoisotopic (exact) mass is 351 g/mol. The molecule has 0 spiro atoms. The van der Waals surface area contributed by atoms with Crippen LogP contribution < -0.4 is 5.32 Å². The molecule has 132 valence electrons. The predicted molar refractivity (Wildman–Crippen MR) is 84.0 cm³/mol. The number of carbonyl (C=O) groups is 1. The number of rotatable bonds is 5. The van der Waals surface area contributed by atoms with Gasteiger partial charge in [-0.05, 0) is 37.5 Å². The Kier molecular flexibility index (Phi) is 4.36. The first-order valence-electron chi connectivity index (χ1n) is 7.79. The number of nitrogens with zero attached hydrogens (tertiary/aromatic N) is 2. The molecule has 1 aliphatic rings. The Hall–Kier alpha value is -2.64. The molecule has 1 aliphatic carbocycles. The Morgan fingerprint density at radius 1 is 1.28 bits per heavy atom. The van der Waals surface area contributed by atoms with Crippen LogP contribution >= 0.6 is 0 Å². The summed E-state index contributed by atoms with van der Waals surface area (Å²) in [6.07, 6.45) is -0.371. The van der Waals surface area contributed by atoms with Gasteiger partial charge in [-0.1, -0.05) is 12.1 Å². The molecule has 1 saturated carbocycles. The van der Waals surface area contributed by atoms with Crippen molar-refractivity contribution in [1.29, 1.82) is 0 Å². The highest BCUT2D eigenvalue weighted by Crippen LogP contribution is 2.48. The lowest BCUT2D eigenvalue weighted by Crippen LogP contribution is -2.21. The fraction of sp³-hybridized carbons (Fsp3) is 0.353. The van der Waals surface area contributed by atoms with Gasteiger partial charge < -0.3 is 10.1 Å². The zero-order valence-electron chi connectivity index (χ0n) is 13.4. The van der Waals surface area contributed by atoms with E-state index in [0.717, 1.165) is 12.1 Å². The average molecular weight is 351 g/mol. The largest absolute Gasteiger partial charge is 0.462 e. The van der Waals surface area contributed by atoms with Crippen molar-refractivity contribution in [2.45, 2.75) is 31.5 Å². The zero-order valence-corrected chi connectivity index (χ0v) is 13.4. The van der Waals surface area contributed by atoms with Crippen LogP contribution in [0, 0.1) is 0 Å². The summed E-state index contributed by atoms with van der Waals surface area (Å²) in [5.74, 6) is -0.268. The van der Waals surface area contributed by atoms with E-state index in [1.165, 1.54) is 18.5 Å². The van der Waals surface area contributed by atoms with Crippen LogP contribution in [0.3, 0.4) is 0 Å². The first kappa shape index (κ1) is 17.2. The van der Waals surface area contributed by atoms with Crippen molar-refractivity contribution in [3.8, 4) is 0 Å². The van der Waals surface area contributed by atoms with Gasteiger partial charge in [-0.2, -0.15) is 13.2 Å². The Bertz CT molecular complexity index is 771. The van der Waals surface area contributed by atoms with Crippen LogP contribution in [0.25, 0.3) is 0 Å². The summed E-state index contributed by atoms with van der Waals surface area (Å²) in [5, 5.41) is 3.08. The van der Waals surface area contributed by atoms with Gasteiger partial charge in [0.05, 0.1) is 23.3 Å². The number of aromatic nitrogens is 2. The van der Waals surface area contributed by atoms with E-state index in [-0.39, 0.29) is 18.1 Å². The van der Waals surface area contributed by atoms with Crippen molar-refractivity contribution in [2.24, 2.45) is 0 Å². The van der Waals surface area contributed by atoms with Crippen molar-refractivity contribution in [3.05, 3.63) is 53.3 Å². The standard InChI is InChI=1S/C17H16F3N3O2/c1-2-25-14(24)11-9-21-15(22-10-11)23-16(6-7-16)12-4-3-5-13(8-12)17(18,19)20/h3-5,8-10H,2,6-7H2,1H3,(H,21,22,23). The summed E-state index contributed by atoms with van der Waals surface area (Å²) in [4.78, 5) is 19.7. The maximum absolute atomic E-state index is 12.9. The smallest absolute Gasteiger partial charge is 0.416 e. The van der Waals surface area contributed by atoms with Gasteiger partial charge in [0.1, 0.15) is 0 Å². The van der Waals surface area contributed by atoms with Crippen LogP contribution in [0.4, 0.5) is 19.1 Å². The van der Waals surface area contributed by atoms with E-state index in [2.05, 4.69) is 15.3 Å². The van der Waals surface area contributed by atoms with Gasteiger partial charge in [-0.3, -0.25) is 0 Å². The van der Waals surface area contributed by atoms with Crippen LogP contribution in [0.1, 0.15) is 41.3 Å². The van der Waals surface area contributed by atoms with Gasteiger partial charge in [0.2, 0.25) is 5.95 Å². The first-order chi connectivity index (χ1) is 11.8. The van der Waals surface area contributed by atoms with Gasteiger partial charge in [0, 0.05) is 12.4 Å². The molecule has 0 radical (unpaired) electrons. The number of ether oxygens (including phenoxy) is 1. The second-order valence-corrected chi connectivity index (χ2v) is 5.80. The second-order valence-electron chi connectivity index (χ2n) is 5.80. The van der Waals surface area contributed by atoms with Crippen LogP contribution in [-0.2, 0) is 16.5 Å². The number of alkyl halides is 3. The van der Waals surface area contributed by atoms with Gasteiger partial charge in [-0.15, -0.1) is 0 Å². The molecule has 1 heterocycles. The molecule has 8 heteroatoms. The Balaban J connectivity index is 1.78. The van der Waals surface area contributed by atoms with Crippen molar-refractivity contribution >= 4 is 11.9 Å². The highest BCUT2D eigenvalue weighted by Gasteiger charge is 2.46. The summed E-state index contributed by atoms with van der Waals surface area (Å²) in [7, 11) is 0. The molecule has 0 bridgehead atoms. The number of anilines is 1. The summed E-state index contributed by atoms with van der Waals surface area (Å²) in [6, 6.07) is 5.24. The molecule has 25 heavy (non-hydrogen) atoms. The van der Waals surface area contributed by atoms with Crippen LogP contribution in [-0.4, -0.2) is 22.5 Å². The number of carbonyl (C=O) groups excluding carboxylic acids is 1. The molecular formula is C17H16F3N3O2. The van der Waals surface area contributed by atoms with Crippen molar-refractivity contribution in [3.63, 3.8) is 0 Å². The second kappa shape index (κ2) is 6.34. The van der Waals surface area contributed by atoms with Crippen molar-refractivity contribution in [1.82, 2.24) is 9.97 Å². The number of hydrogen-bond donors (Lipinski definition) is 1. The lowest BCUT2D eigenvalue weighted by molar-refractivity contribution is -0.137. The molecule has 0 unspecified atom stereocenters. The van der Waals surface area contributed by atoms with Crippen molar-refractivity contribution in [2.75, 3.05) is 11.9 Å². The van der Waals surface area contributed by atoms with E-state index in [9.17, 15) is 18.0 Å². The minimum atomic E-state index is -4.39. The van der Waals surface area contributed by atoms with Gasteiger partial charge in [0.15, 0.2) is 0 Å². The first-order valence-corrected chi connectivity index (χ1v) is 7.79. The third-order valence-corrected chi connectivity index (χ3v) is 4.01. The molecule has 0 amide bonds. The molecule has 1 N–H and O–H groups in total. The minimum Gasteiger partial charge on any atom is -0.462 e. The number of hydrogen-bond acceptors (Lipinski definition) is 5. The molecule has 5 nitrogen and oxygen atoms in total. The quantitative estimate of drug-likeness (QED) is 0.831. The lowest BCUT2D eigenvalue weighted by Gasteiger charge is -2.19. The molecule has 0 aliphatic heterocycles. The highest BCUT2D eigenvalue weighted by atomic mass is 19.4. The molecular weight excluding hydrogens is 335 g/mol. The zero-order chi connectivity index (χ0) is 18.1. The molecule has 1 fully saturated rings. The van der Waals surface area contributed by atoms with Gasteiger partial charge in [-0.25, -0.2) is 14.8 Å². The topological polar surface area (TPSA) is 64.1 Å². The van der Waals surface area contributed by atoms with E-state index >= 15 is 0 Å². The normalized spacial score (nSPS) is 15.5. The lowest BCUT2D eigenvalue weighted by atomic mass is 10.0. The Morgan fingerprint density at radius 2 is 1.96 bits per heavy atom. The third-order valence-electron chi connectivity index (χ3n) is 4.01. The molecule has 1 aromatic carbocycles. The van der Waals surface area contributed by atoms with Crippen LogP contribution in [0.5, 0.6) is 0 Å². The summed E-state index contributed by atoms with van der Waals surface area (Å²) < 4.78 is 43.5. The predicted octanol–water partition coefficient (Wildman–Crippen LogP) is 3.77. The Morgan fingerprint density at radius 3 is 2.52 bits per heavy atom. The number of benzene rings is 1. The minimum absolute atomic E-state index is 0.219. The van der Waals surface area contributed by atoms with Gasteiger partial charge >= 0.3 is 12.1 Å². The maximum atomic E-state index is 12.9. The molecule has 0 atom stereocenters. The van der Waals surface area contributed by atoms with Gasteiger partial charge in [0.25, 0.3) is 0 Å². The molecule has 0 saturated heterocycles. The van der Waals surface area contributed by atoms with E-state index in [0.29, 0.717) is 18.4 Å². The summed E-state index contributed by atoms with van der Waals surface area (Å²) in [5.41, 5.74) is -0.527. The molecule has 3 rings (SSSR count). The van der Waals surface area contributed by atoms with Crippen LogP contribution in [0.2, 0.25) is 0 Å². The average Bonchev–Trinajstić information content (AvgIpc) is 3.36. The number of halogens is 3. The summed E-state index contributed by atoms with van der Waals surface area (Å²) >= 11 is 0. The molecule has 2 aromatic rings. The number of nitrogens with one attached hydrogen (secondary N) is 1. The molecule has 1 aromatic heterocycles. The van der Waals surface area contributed by atoms with Crippen LogP contribution in [0.15, 0.2) is 36.7 Å². The Labute approximate surface area is 142 Å². The van der Waals surface area contributed by atoms with E-state index in [1.807, 2.05) is 0 Å². The third kappa shape index (κ3) is 3.72. The van der Waals surface area contributed by atoms with E-state index in [1.54, 1.807) is 13.0 Å². The fourth-order valence-electron chi connectivity index (χ4n) is 2.53. The fourth-order valence-corrected chi connectivity index (χ4v) is 2.53. The highest BCUT2D eigenvalue weighted by molar-refractivity contribution is 5.88. The SMILES string of the molecule is CCOC(=O)c1cnc(NC2(c3cccc(C(F)(F)F)c3)CC2)nc1.